The molecule has 0 N–H and O–H groups in total. The Bertz CT molecular complexity index is 900. The van der Waals surface area contributed by atoms with Crippen LogP contribution >= 0.6 is 23.2 Å². The molecular formula is C19H14Cl2O4. The van der Waals surface area contributed by atoms with Crippen molar-refractivity contribution in [2.45, 2.75) is 0 Å². The number of hydrogen-bond donors (Lipinski definition) is 0. The number of benzene rings is 2. The highest BCUT2D eigenvalue weighted by molar-refractivity contribution is 6.35. The number of carbonyl (C=O) groups is 1. The monoisotopic (exact) mass is 376 g/mol. The average molecular weight is 377 g/mol. The van der Waals surface area contributed by atoms with E-state index in [9.17, 15) is 4.79 Å². The number of esters is 1. The molecule has 0 radical (unpaired) electrons. The maximum Gasteiger partial charge on any atom is 0.343 e. The SMILES string of the molecule is COc1ccc(C2=C/C(=C/c3ccc(Cl)cc3Cl)C(=O)O2)c(OC)c1. The summed E-state index contributed by atoms with van der Waals surface area (Å²) in [4.78, 5) is 12.2. The fraction of sp³-hybridized carbons (Fsp3) is 0.105. The van der Waals surface area contributed by atoms with Gasteiger partial charge in [0, 0.05) is 16.1 Å². The number of methoxy groups -OCH3 is 2. The van der Waals surface area contributed by atoms with Crippen molar-refractivity contribution >= 4 is 41.0 Å². The zero-order valence-corrected chi connectivity index (χ0v) is 15.0. The van der Waals surface area contributed by atoms with Crippen LogP contribution in [0.3, 0.4) is 0 Å². The van der Waals surface area contributed by atoms with Crippen LogP contribution in [0, 0.1) is 0 Å². The number of hydrogen-bond acceptors (Lipinski definition) is 4. The molecule has 0 spiro atoms. The van der Waals surface area contributed by atoms with Gasteiger partial charge in [0.05, 0.1) is 25.4 Å². The standard InChI is InChI=1S/C19H14Cl2O4/c1-23-14-5-6-15(17(10-14)24-2)18-8-12(19(22)25-18)7-11-3-4-13(20)9-16(11)21/h3-10H,1-2H3/b12-7-. The van der Waals surface area contributed by atoms with E-state index in [1.54, 1.807) is 62.8 Å². The molecular weight excluding hydrogens is 363 g/mol. The first-order chi connectivity index (χ1) is 12.0. The van der Waals surface area contributed by atoms with Gasteiger partial charge in [0.1, 0.15) is 17.3 Å². The topological polar surface area (TPSA) is 44.8 Å². The third kappa shape index (κ3) is 3.65. The van der Waals surface area contributed by atoms with Crippen molar-refractivity contribution in [1.82, 2.24) is 0 Å². The van der Waals surface area contributed by atoms with Crippen LogP contribution in [-0.4, -0.2) is 20.2 Å². The summed E-state index contributed by atoms with van der Waals surface area (Å²) in [5.41, 5.74) is 1.72. The minimum Gasteiger partial charge on any atom is -0.497 e. The van der Waals surface area contributed by atoms with Gasteiger partial charge in [-0.05, 0) is 42.0 Å². The van der Waals surface area contributed by atoms with Crippen molar-refractivity contribution in [1.29, 1.82) is 0 Å². The minimum absolute atomic E-state index is 0.386. The summed E-state index contributed by atoms with van der Waals surface area (Å²) in [7, 11) is 3.11. The summed E-state index contributed by atoms with van der Waals surface area (Å²) < 4.78 is 15.9. The zero-order valence-electron chi connectivity index (χ0n) is 13.5. The first-order valence-corrected chi connectivity index (χ1v) is 8.10. The van der Waals surface area contributed by atoms with Gasteiger partial charge < -0.3 is 14.2 Å². The molecule has 3 rings (SSSR count). The fourth-order valence-electron chi connectivity index (χ4n) is 2.41. The van der Waals surface area contributed by atoms with Gasteiger partial charge in [-0.1, -0.05) is 29.3 Å². The molecule has 0 amide bonds. The van der Waals surface area contributed by atoms with Gasteiger partial charge >= 0.3 is 5.97 Å². The molecule has 4 nitrogen and oxygen atoms in total. The minimum atomic E-state index is -0.459. The molecule has 0 bridgehead atoms. The summed E-state index contributed by atoms with van der Waals surface area (Å²) in [6.45, 7) is 0. The van der Waals surface area contributed by atoms with E-state index in [1.807, 2.05) is 0 Å². The van der Waals surface area contributed by atoms with Gasteiger partial charge in [-0.2, -0.15) is 0 Å². The highest BCUT2D eigenvalue weighted by Crippen LogP contribution is 2.35. The molecule has 25 heavy (non-hydrogen) atoms. The lowest BCUT2D eigenvalue weighted by molar-refractivity contribution is -0.130. The van der Waals surface area contributed by atoms with E-state index in [0.717, 1.165) is 0 Å². The number of cyclic esters (lactones) is 1. The van der Waals surface area contributed by atoms with Gasteiger partial charge in [0.25, 0.3) is 0 Å². The highest BCUT2D eigenvalue weighted by atomic mass is 35.5. The quantitative estimate of drug-likeness (QED) is 0.556. The van der Waals surface area contributed by atoms with Crippen molar-refractivity contribution in [2.75, 3.05) is 14.2 Å². The number of carbonyl (C=O) groups excluding carboxylic acids is 1. The maximum atomic E-state index is 12.2. The molecule has 128 valence electrons. The Labute approximate surface area is 155 Å². The average Bonchev–Trinajstić information content (AvgIpc) is 2.97. The van der Waals surface area contributed by atoms with Crippen molar-refractivity contribution in [2.24, 2.45) is 0 Å². The molecule has 0 saturated heterocycles. The smallest absolute Gasteiger partial charge is 0.343 e. The van der Waals surface area contributed by atoms with E-state index < -0.39 is 5.97 Å². The lowest BCUT2D eigenvalue weighted by Gasteiger charge is -2.10. The predicted molar refractivity (Wildman–Crippen MR) is 98.1 cm³/mol. The summed E-state index contributed by atoms with van der Waals surface area (Å²) in [6.07, 6.45) is 3.31. The molecule has 1 aliphatic rings. The van der Waals surface area contributed by atoms with Crippen LogP contribution in [0.15, 0.2) is 48.0 Å². The second kappa shape index (κ2) is 7.21. The Kier molecular flexibility index (Phi) is 5.02. The lowest BCUT2D eigenvalue weighted by Crippen LogP contribution is -1.98. The molecule has 0 unspecified atom stereocenters. The Morgan fingerprint density at radius 1 is 1.04 bits per heavy atom. The molecule has 0 aromatic heterocycles. The van der Waals surface area contributed by atoms with Gasteiger partial charge in [-0.3, -0.25) is 0 Å². The Morgan fingerprint density at radius 2 is 1.84 bits per heavy atom. The van der Waals surface area contributed by atoms with Gasteiger partial charge in [-0.15, -0.1) is 0 Å². The van der Waals surface area contributed by atoms with Gasteiger partial charge in [-0.25, -0.2) is 4.79 Å². The molecule has 1 heterocycles. The Morgan fingerprint density at radius 3 is 2.52 bits per heavy atom. The molecule has 0 atom stereocenters. The van der Waals surface area contributed by atoms with E-state index in [4.69, 9.17) is 37.4 Å². The predicted octanol–water partition coefficient (Wildman–Crippen LogP) is 4.99. The van der Waals surface area contributed by atoms with E-state index in [2.05, 4.69) is 0 Å². The molecule has 6 heteroatoms. The van der Waals surface area contributed by atoms with Crippen LogP contribution < -0.4 is 9.47 Å². The van der Waals surface area contributed by atoms with E-state index in [-0.39, 0.29) is 0 Å². The molecule has 0 saturated carbocycles. The second-order valence-corrected chi connectivity index (χ2v) is 6.07. The van der Waals surface area contributed by atoms with E-state index in [1.165, 1.54) is 0 Å². The molecule has 0 aliphatic carbocycles. The Hall–Kier alpha value is -2.43. The van der Waals surface area contributed by atoms with Gasteiger partial charge in [0.2, 0.25) is 0 Å². The lowest BCUT2D eigenvalue weighted by atomic mass is 10.1. The normalized spacial score (nSPS) is 15.1. The Balaban J connectivity index is 1.99. The first kappa shape index (κ1) is 17.4. The number of ether oxygens (including phenoxy) is 3. The summed E-state index contributed by atoms with van der Waals surface area (Å²) in [5, 5.41) is 0.983. The highest BCUT2D eigenvalue weighted by Gasteiger charge is 2.24. The van der Waals surface area contributed by atoms with Crippen molar-refractivity contribution in [3.63, 3.8) is 0 Å². The largest absolute Gasteiger partial charge is 0.497 e. The summed E-state index contributed by atoms with van der Waals surface area (Å²) >= 11 is 12.0. The maximum absolute atomic E-state index is 12.2. The van der Waals surface area contributed by atoms with E-state index in [0.29, 0.717) is 44.0 Å². The molecule has 2 aromatic rings. The van der Waals surface area contributed by atoms with Crippen LogP contribution in [0.5, 0.6) is 11.5 Å². The van der Waals surface area contributed by atoms with Crippen LogP contribution in [0.4, 0.5) is 0 Å². The molecule has 2 aromatic carbocycles. The third-order valence-corrected chi connectivity index (χ3v) is 4.24. The van der Waals surface area contributed by atoms with Crippen molar-refractivity contribution < 1.29 is 19.0 Å². The number of halogens is 2. The first-order valence-electron chi connectivity index (χ1n) is 7.35. The van der Waals surface area contributed by atoms with Crippen LogP contribution in [0.25, 0.3) is 11.8 Å². The third-order valence-electron chi connectivity index (χ3n) is 3.67. The zero-order chi connectivity index (χ0) is 18.0. The van der Waals surface area contributed by atoms with Crippen LogP contribution in [0.1, 0.15) is 11.1 Å². The summed E-state index contributed by atoms with van der Waals surface area (Å²) in [5.74, 6) is 1.14. The van der Waals surface area contributed by atoms with E-state index >= 15 is 0 Å². The molecule has 0 fully saturated rings. The fourth-order valence-corrected chi connectivity index (χ4v) is 2.87. The summed E-state index contributed by atoms with van der Waals surface area (Å²) in [6, 6.07) is 10.3. The van der Waals surface area contributed by atoms with Crippen LogP contribution in [-0.2, 0) is 9.53 Å². The number of rotatable bonds is 4. The van der Waals surface area contributed by atoms with Crippen molar-refractivity contribution in [3.8, 4) is 11.5 Å². The van der Waals surface area contributed by atoms with Crippen LogP contribution in [0.2, 0.25) is 10.0 Å². The second-order valence-electron chi connectivity index (χ2n) is 5.23. The van der Waals surface area contributed by atoms with Gasteiger partial charge in [0.15, 0.2) is 0 Å². The van der Waals surface area contributed by atoms with Crippen molar-refractivity contribution in [3.05, 3.63) is 69.2 Å². The molecule has 1 aliphatic heterocycles.